The van der Waals surface area contributed by atoms with Gasteiger partial charge in [0, 0.05) is 17.4 Å². The Bertz CT molecular complexity index is 765. The molecule has 0 unspecified atom stereocenters. The molecule has 0 atom stereocenters. The van der Waals surface area contributed by atoms with Gasteiger partial charge in [0.15, 0.2) is 0 Å². The number of nitro benzene ring substituents is 1. The van der Waals surface area contributed by atoms with Gasteiger partial charge in [0.25, 0.3) is 11.6 Å². The predicted octanol–water partition coefficient (Wildman–Crippen LogP) is 3.30. The second-order valence-corrected chi connectivity index (χ2v) is 5.54. The fourth-order valence-electron chi connectivity index (χ4n) is 2.63. The third-order valence-electron chi connectivity index (χ3n) is 4.06. The summed E-state index contributed by atoms with van der Waals surface area (Å²) in [4.78, 5) is 22.8. The molecule has 0 bridgehead atoms. The highest BCUT2D eigenvalue weighted by molar-refractivity contribution is 6.05. The summed E-state index contributed by atoms with van der Waals surface area (Å²) < 4.78 is 1.85. The lowest BCUT2D eigenvalue weighted by atomic mass is 10.1. The van der Waals surface area contributed by atoms with Crippen LogP contribution in [0.2, 0.25) is 0 Å². The third kappa shape index (κ3) is 3.37. The van der Waals surface area contributed by atoms with E-state index in [1.807, 2.05) is 11.6 Å². The number of amides is 1. The lowest BCUT2D eigenvalue weighted by Gasteiger charge is -2.15. The van der Waals surface area contributed by atoms with Gasteiger partial charge in [0.2, 0.25) is 0 Å². The summed E-state index contributed by atoms with van der Waals surface area (Å²) in [6.45, 7) is 5.98. The molecule has 0 aliphatic heterocycles. The Kier molecular flexibility index (Phi) is 5.18. The van der Waals surface area contributed by atoms with Crippen LogP contribution < -0.4 is 11.1 Å². The lowest BCUT2D eigenvalue weighted by molar-refractivity contribution is -0.383. The number of aromatic nitrogens is 2. The number of anilines is 2. The smallest absolute Gasteiger partial charge is 0.294 e. The molecule has 0 spiro atoms. The molecule has 1 heterocycles. The lowest BCUT2D eigenvalue weighted by Crippen LogP contribution is -2.15. The molecule has 0 aliphatic carbocycles. The number of benzene rings is 1. The SMILES string of the molecule is CCC(CC)n1ncc(C(=O)Nc2ccc(N)c([N+](=O)[O-])c2)c1C. The minimum atomic E-state index is -0.582. The van der Waals surface area contributed by atoms with Gasteiger partial charge in [-0.15, -0.1) is 0 Å². The first kappa shape index (κ1) is 17.5. The number of nitrogens with one attached hydrogen (secondary N) is 1. The fourth-order valence-corrected chi connectivity index (χ4v) is 2.63. The Balaban J connectivity index is 2.25. The van der Waals surface area contributed by atoms with E-state index in [9.17, 15) is 14.9 Å². The largest absolute Gasteiger partial charge is 0.393 e. The van der Waals surface area contributed by atoms with Gasteiger partial charge in [0.05, 0.1) is 22.7 Å². The molecule has 2 aromatic rings. The number of carbonyl (C=O) groups excluding carboxylic acids is 1. The molecule has 1 aromatic carbocycles. The van der Waals surface area contributed by atoms with Crippen molar-refractivity contribution in [1.29, 1.82) is 0 Å². The zero-order valence-corrected chi connectivity index (χ0v) is 13.9. The Hall–Kier alpha value is -2.90. The first-order chi connectivity index (χ1) is 11.4. The zero-order valence-electron chi connectivity index (χ0n) is 13.9. The average molecular weight is 331 g/mol. The second kappa shape index (κ2) is 7.12. The van der Waals surface area contributed by atoms with Crippen LogP contribution in [-0.2, 0) is 0 Å². The zero-order chi connectivity index (χ0) is 17.9. The van der Waals surface area contributed by atoms with Gasteiger partial charge >= 0.3 is 0 Å². The molecule has 1 aromatic heterocycles. The summed E-state index contributed by atoms with van der Waals surface area (Å²) in [6.07, 6.45) is 3.36. The number of nitrogen functional groups attached to an aromatic ring is 1. The van der Waals surface area contributed by atoms with Crippen molar-refractivity contribution in [3.63, 3.8) is 0 Å². The van der Waals surface area contributed by atoms with Crippen LogP contribution >= 0.6 is 0 Å². The highest BCUT2D eigenvalue weighted by Crippen LogP contribution is 2.26. The first-order valence-corrected chi connectivity index (χ1v) is 7.78. The van der Waals surface area contributed by atoms with E-state index in [1.165, 1.54) is 24.4 Å². The molecule has 8 heteroatoms. The monoisotopic (exact) mass is 331 g/mol. The van der Waals surface area contributed by atoms with Gasteiger partial charge in [-0.2, -0.15) is 5.10 Å². The fraction of sp³-hybridized carbons (Fsp3) is 0.375. The number of hydrogen-bond acceptors (Lipinski definition) is 5. The van der Waals surface area contributed by atoms with Crippen LogP contribution in [0.15, 0.2) is 24.4 Å². The van der Waals surface area contributed by atoms with Crippen molar-refractivity contribution in [2.45, 2.75) is 39.7 Å². The molecule has 0 fully saturated rings. The van der Waals surface area contributed by atoms with E-state index in [4.69, 9.17) is 5.73 Å². The number of nitro groups is 1. The maximum Gasteiger partial charge on any atom is 0.294 e. The second-order valence-electron chi connectivity index (χ2n) is 5.54. The van der Waals surface area contributed by atoms with Crippen molar-refractivity contribution in [3.8, 4) is 0 Å². The maximum absolute atomic E-state index is 12.4. The van der Waals surface area contributed by atoms with E-state index in [0.29, 0.717) is 11.3 Å². The summed E-state index contributed by atoms with van der Waals surface area (Å²) in [5.74, 6) is -0.358. The third-order valence-corrected chi connectivity index (χ3v) is 4.06. The van der Waals surface area contributed by atoms with E-state index < -0.39 is 4.92 Å². The van der Waals surface area contributed by atoms with Crippen molar-refractivity contribution < 1.29 is 9.72 Å². The van der Waals surface area contributed by atoms with Gasteiger partial charge in [-0.1, -0.05) is 13.8 Å². The molecule has 24 heavy (non-hydrogen) atoms. The molecule has 0 saturated carbocycles. The van der Waals surface area contributed by atoms with Gasteiger partial charge in [-0.05, 0) is 31.9 Å². The number of carbonyl (C=O) groups is 1. The van der Waals surface area contributed by atoms with E-state index >= 15 is 0 Å². The number of nitrogens with two attached hydrogens (primary N) is 1. The standard InChI is InChI=1S/C16H21N5O3/c1-4-12(5-2)20-10(3)13(9-18-20)16(22)19-11-6-7-14(17)15(8-11)21(23)24/h6-9,12H,4-5,17H2,1-3H3,(H,19,22). The van der Waals surface area contributed by atoms with Crippen molar-refractivity contribution in [2.75, 3.05) is 11.1 Å². The molecule has 1 amide bonds. The Labute approximate surface area is 139 Å². The minimum absolute atomic E-state index is 0.0516. The van der Waals surface area contributed by atoms with E-state index in [1.54, 1.807) is 0 Å². The van der Waals surface area contributed by atoms with Crippen LogP contribution in [0.1, 0.15) is 48.8 Å². The summed E-state index contributed by atoms with van der Waals surface area (Å²) in [7, 11) is 0. The molecule has 128 valence electrons. The highest BCUT2D eigenvalue weighted by atomic mass is 16.6. The molecule has 2 rings (SSSR count). The minimum Gasteiger partial charge on any atom is -0.393 e. The summed E-state index contributed by atoms with van der Waals surface area (Å²) in [6, 6.07) is 4.41. The van der Waals surface area contributed by atoms with Crippen LogP contribution in [0, 0.1) is 17.0 Å². The predicted molar refractivity (Wildman–Crippen MR) is 92.0 cm³/mol. The Morgan fingerprint density at radius 2 is 2.08 bits per heavy atom. The van der Waals surface area contributed by atoms with Crippen LogP contribution in [0.4, 0.5) is 17.1 Å². The van der Waals surface area contributed by atoms with Crippen LogP contribution in [0.25, 0.3) is 0 Å². The number of rotatable bonds is 6. The first-order valence-electron chi connectivity index (χ1n) is 7.78. The van der Waals surface area contributed by atoms with Crippen molar-refractivity contribution in [3.05, 3.63) is 45.8 Å². The number of nitrogens with zero attached hydrogens (tertiary/aromatic N) is 3. The van der Waals surface area contributed by atoms with Crippen LogP contribution in [0.5, 0.6) is 0 Å². The summed E-state index contributed by atoms with van der Waals surface area (Å²) in [5, 5.41) is 17.9. The van der Waals surface area contributed by atoms with E-state index in [-0.39, 0.29) is 23.3 Å². The van der Waals surface area contributed by atoms with E-state index in [0.717, 1.165) is 18.5 Å². The Morgan fingerprint density at radius 3 is 2.67 bits per heavy atom. The van der Waals surface area contributed by atoms with Crippen LogP contribution in [-0.4, -0.2) is 20.6 Å². The molecule has 8 nitrogen and oxygen atoms in total. The number of hydrogen-bond donors (Lipinski definition) is 2. The maximum atomic E-state index is 12.4. The van der Waals surface area contributed by atoms with Crippen molar-refractivity contribution >= 4 is 23.0 Å². The molecular weight excluding hydrogens is 310 g/mol. The average Bonchev–Trinajstić information content (AvgIpc) is 2.92. The topological polar surface area (TPSA) is 116 Å². The van der Waals surface area contributed by atoms with Gasteiger partial charge in [-0.3, -0.25) is 19.6 Å². The van der Waals surface area contributed by atoms with Gasteiger partial charge < -0.3 is 11.1 Å². The highest BCUT2D eigenvalue weighted by Gasteiger charge is 2.19. The van der Waals surface area contributed by atoms with Crippen LogP contribution in [0.3, 0.4) is 0 Å². The van der Waals surface area contributed by atoms with Gasteiger partial charge in [0.1, 0.15) is 5.69 Å². The van der Waals surface area contributed by atoms with Crippen molar-refractivity contribution in [1.82, 2.24) is 9.78 Å². The summed E-state index contributed by atoms with van der Waals surface area (Å²) in [5.41, 5.74) is 6.90. The van der Waals surface area contributed by atoms with E-state index in [2.05, 4.69) is 24.3 Å². The molecule has 0 aliphatic rings. The normalized spacial score (nSPS) is 10.8. The molecule has 3 N–H and O–H groups in total. The quantitative estimate of drug-likeness (QED) is 0.478. The van der Waals surface area contributed by atoms with Crippen molar-refractivity contribution in [2.24, 2.45) is 0 Å². The Morgan fingerprint density at radius 1 is 1.42 bits per heavy atom. The van der Waals surface area contributed by atoms with Gasteiger partial charge in [-0.25, -0.2) is 0 Å². The molecular formula is C16H21N5O3. The summed E-state index contributed by atoms with van der Waals surface area (Å²) >= 11 is 0. The molecule has 0 saturated heterocycles. The molecule has 0 radical (unpaired) electrons.